The van der Waals surface area contributed by atoms with Crippen LogP contribution >= 0.6 is 0 Å². The predicted molar refractivity (Wildman–Crippen MR) is 68.4 cm³/mol. The Labute approximate surface area is 108 Å². The van der Waals surface area contributed by atoms with E-state index < -0.39 is 17.6 Å². The monoisotopic (exact) mass is 270 g/mol. The van der Waals surface area contributed by atoms with Gasteiger partial charge < -0.3 is 11.1 Å². The highest BCUT2D eigenvalue weighted by Crippen LogP contribution is 2.32. The molecule has 6 heteroatoms. The Hall–Kier alpha value is -2.24. The van der Waals surface area contributed by atoms with Gasteiger partial charge in [-0.05, 0) is 25.1 Å². The molecule has 3 nitrogen and oxygen atoms in total. The maximum atomic E-state index is 12.5. The molecular weight excluding hydrogens is 257 g/mol. The number of allylic oxidation sites excluding steroid dienone is 3. The van der Waals surface area contributed by atoms with Gasteiger partial charge in [-0.15, -0.1) is 0 Å². The number of carbonyl (C=O) groups is 1. The summed E-state index contributed by atoms with van der Waals surface area (Å²) in [5.74, 6) is -0.552. The average molecular weight is 270 g/mol. The Morgan fingerprint density at radius 1 is 1.32 bits per heavy atom. The summed E-state index contributed by atoms with van der Waals surface area (Å²) >= 11 is 0. The molecule has 0 unspecified atom stereocenters. The Morgan fingerprint density at radius 3 is 2.58 bits per heavy atom. The molecule has 1 aromatic carbocycles. The summed E-state index contributed by atoms with van der Waals surface area (Å²) in [7, 11) is 0. The standard InChI is InChI=1S/C13H13F3N2O/c1-2-3-4-5-12(19)18-11-8-9(13(14,15)16)6-7-10(11)17/h2-8H,17H2,1H3,(H,18,19)/b3-2+,5-4+. The zero-order valence-corrected chi connectivity index (χ0v) is 10.2. The van der Waals surface area contributed by atoms with Crippen LogP contribution in [0, 0.1) is 0 Å². The number of rotatable bonds is 3. The molecule has 0 fully saturated rings. The third-order valence-corrected chi connectivity index (χ3v) is 2.19. The molecule has 0 saturated heterocycles. The van der Waals surface area contributed by atoms with Crippen LogP contribution in [0.4, 0.5) is 24.5 Å². The van der Waals surface area contributed by atoms with Gasteiger partial charge in [0.15, 0.2) is 0 Å². The molecule has 3 N–H and O–H groups in total. The minimum Gasteiger partial charge on any atom is -0.397 e. The number of halogens is 3. The zero-order chi connectivity index (χ0) is 14.5. The lowest BCUT2D eigenvalue weighted by atomic mass is 10.1. The van der Waals surface area contributed by atoms with E-state index >= 15 is 0 Å². The minimum atomic E-state index is -4.48. The van der Waals surface area contributed by atoms with Crippen LogP contribution in [0.15, 0.2) is 42.5 Å². The molecule has 19 heavy (non-hydrogen) atoms. The summed E-state index contributed by atoms with van der Waals surface area (Å²) in [6.45, 7) is 1.77. The second kappa shape index (κ2) is 6.08. The first-order valence-electron chi connectivity index (χ1n) is 5.41. The molecule has 0 aromatic heterocycles. The van der Waals surface area contributed by atoms with Crippen molar-refractivity contribution in [2.24, 2.45) is 0 Å². The van der Waals surface area contributed by atoms with Crippen molar-refractivity contribution < 1.29 is 18.0 Å². The second-order valence-electron chi connectivity index (χ2n) is 3.67. The van der Waals surface area contributed by atoms with Gasteiger partial charge in [-0.1, -0.05) is 18.2 Å². The molecule has 0 atom stereocenters. The molecule has 1 rings (SSSR count). The van der Waals surface area contributed by atoms with E-state index in [4.69, 9.17) is 5.73 Å². The predicted octanol–water partition coefficient (Wildman–Crippen LogP) is 3.36. The summed E-state index contributed by atoms with van der Waals surface area (Å²) in [5, 5.41) is 2.30. The molecule has 0 radical (unpaired) electrons. The van der Waals surface area contributed by atoms with Crippen LogP contribution in [0.25, 0.3) is 0 Å². The molecule has 1 amide bonds. The smallest absolute Gasteiger partial charge is 0.397 e. The third kappa shape index (κ3) is 4.50. The van der Waals surface area contributed by atoms with E-state index in [1.165, 1.54) is 12.2 Å². The molecule has 0 bridgehead atoms. The molecule has 0 aliphatic rings. The zero-order valence-electron chi connectivity index (χ0n) is 10.2. The van der Waals surface area contributed by atoms with Crippen LogP contribution in [0.3, 0.4) is 0 Å². The fraction of sp³-hybridized carbons (Fsp3) is 0.154. The first-order chi connectivity index (χ1) is 8.84. The number of hydrogen-bond donors (Lipinski definition) is 2. The van der Waals surface area contributed by atoms with Crippen molar-refractivity contribution in [3.05, 3.63) is 48.1 Å². The van der Waals surface area contributed by atoms with E-state index in [9.17, 15) is 18.0 Å². The Balaban J connectivity index is 2.92. The van der Waals surface area contributed by atoms with Crippen molar-refractivity contribution in [1.29, 1.82) is 0 Å². The van der Waals surface area contributed by atoms with Gasteiger partial charge in [0.25, 0.3) is 0 Å². The van der Waals surface area contributed by atoms with Crippen molar-refractivity contribution in [2.75, 3.05) is 11.1 Å². The maximum Gasteiger partial charge on any atom is 0.416 e. The Bertz CT molecular complexity index is 519. The van der Waals surface area contributed by atoms with Crippen molar-refractivity contribution in [2.45, 2.75) is 13.1 Å². The van der Waals surface area contributed by atoms with Crippen molar-refractivity contribution >= 4 is 17.3 Å². The lowest BCUT2D eigenvalue weighted by Gasteiger charge is -2.11. The summed E-state index contributed by atoms with van der Waals surface area (Å²) in [6, 6.07) is 2.77. The van der Waals surface area contributed by atoms with Crippen LogP contribution in [-0.4, -0.2) is 5.91 Å². The largest absolute Gasteiger partial charge is 0.416 e. The maximum absolute atomic E-state index is 12.5. The number of anilines is 2. The van der Waals surface area contributed by atoms with Crippen molar-refractivity contribution in [3.63, 3.8) is 0 Å². The van der Waals surface area contributed by atoms with E-state index in [1.807, 2.05) is 0 Å². The summed E-state index contributed by atoms with van der Waals surface area (Å²) in [5.41, 5.74) is 4.65. The van der Waals surface area contributed by atoms with Crippen molar-refractivity contribution in [1.82, 2.24) is 0 Å². The molecular formula is C13H13F3N2O. The van der Waals surface area contributed by atoms with Gasteiger partial charge in [0.2, 0.25) is 5.91 Å². The fourth-order valence-corrected chi connectivity index (χ4v) is 1.27. The van der Waals surface area contributed by atoms with Gasteiger partial charge in [-0.25, -0.2) is 0 Å². The second-order valence-corrected chi connectivity index (χ2v) is 3.67. The normalized spacial score (nSPS) is 12.2. The minimum absolute atomic E-state index is 0.0649. The Kier molecular flexibility index (Phi) is 4.74. The lowest BCUT2D eigenvalue weighted by molar-refractivity contribution is -0.137. The number of amides is 1. The highest BCUT2D eigenvalue weighted by atomic mass is 19.4. The SMILES string of the molecule is C/C=C/C=C/C(=O)Nc1cc(C(F)(F)F)ccc1N. The number of nitrogens with one attached hydrogen (secondary N) is 1. The average Bonchev–Trinajstić information content (AvgIpc) is 2.31. The van der Waals surface area contributed by atoms with Gasteiger partial charge >= 0.3 is 6.18 Å². The van der Waals surface area contributed by atoms with E-state index in [-0.39, 0.29) is 11.4 Å². The van der Waals surface area contributed by atoms with Gasteiger partial charge in [0.1, 0.15) is 0 Å². The van der Waals surface area contributed by atoms with E-state index in [0.29, 0.717) is 0 Å². The third-order valence-electron chi connectivity index (χ3n) is 2.19. The number of hydrogen-bond acceptors (Lipinski definition) is 2. The quantitative estimate of drug-likeness (QED) is 0.502. The van der Waals surface area contributed by atoms with Gasteiger partial charge in [0, 0.05) is 6.08 Å². The van der Waals surface area contributed by atoms with Crippen LogP contribution in [0.1, 0.15) is 12.5 Å². The molecule has 102 valence electrons. The number of alkyl halides is 3. The van der Waals surface area contributed by atoms with Crippen LogP contribution < -0.4 is 11.1 Å². The van der Waals surface area contributed by atoms with Crippen molar-refractivity contribution in [3.8, 4) is 0 Å². The van der Waals surface area contributed by atoms with Gasteiger partial charge in [-0.3, -0.25) is 4.79 Å². The number of nitrogens with two attached hydrogens (primary N) is 1. The Morgan fingerprint density at radius 2 is 2.00 bits per heavy atom. The number of carbonyl (C=O) groups excluding carboxylic acids is 1. The lowest BCUT2D eigenvalue weighted by Crippen LogP contribution is -2.12. The molecule has 0 aliphatic heterocycles. The number of benzene rings is 1. The highest BCUT2D eigenvalue weighted by molar-refractivity contribution is 6.01. The topological polar surface area (TPSA) is 55.1 Å². The highest BCUT2D eigenvalue weighted by Gasteiger charge is 2.30. The van der Waals surface area contributed by atoms with Crippen LogP contribution in [-0.2, 0) is 11.0 Å². The van der Waals surface area contributed by atoms with Gasteiger partial charge in [-0.2, -0.15) is 13.2 Å². The van der Waals surface area contributed by atoms with E-state index in [0.717, 1.165) is 18.2 Å². The molecule has 0 saturated carbocycles. The molecule has 0 spiro atoms. The van der Waals surface area contributed by atoms with Crippen LogP contribution in [0.5, 0.6) is 0 Å². The molecule has 0 aliphatic carbocycles. The molecule has 0 heterocycles. The van der Waals surface area contributed by atoms with Crippen LogP contribution in [0.2, 0.25) is 0 Å². The van der Waals surface area contributed by atoms with Gasteiger partial charge in [0.05, 0.1) is 16.9 Å². The summed E-state index contributed by atoms with van der Waals surface area (Å²) < 4.78 is 37.5. The fourth-order valence-electron chi connectivity index (χ4n) is 1.27. The summed E-state index contributed by atoms with van der Waals surface area (Å²) in [4.78, 5) is 11.4. The number of nitrogen functional groups attached to an aromatic ring is 1. The van der Waals surface area contributed by atoms with E-state index in [1.54, 1.807) is 19.1 Å². The molecule has 1 aromatic rings. The van der Waals surface area contributed by atoms with E-state index in [2.05, 4.69) is 5.32 Å². The first kappa shape index (κ1) is 14.8. The summed E-state index contributed by atoms with van der Waals surface area (Å²) in [6.07, 6.45) is 1.52. The first-order valence-corrected chi connectivity index (χ1v) is 5.41.